The smallest absolute Gasteiger partial charge is 0.253 e. The molecule has 1 aliphatic heterocycles. The quantitative estimate of drug-likeness (QED) is 0.594. The summed E-state index contributed by atoms with van der Waals surface area (Å²) in [5, 5.41) is 2.94. The van der Waals surface area contributed by atoms with Crippen molar-refractivity contribution in [1.29, 1.82) is 0 Å². The van der Waals surface area contributed by atoms with E-state index >= 15 is 0 Å². The van der Waals surface area contributed by atoms with Gasteiger partial charge in [0.1, 0.15) is 17.5 Å². The molecule has 2 aromatic rings. The summed E-state index contributed by atoms with van der Waals surface area (Å²) in [6.45, 7) is 2.18. The molecule has 8 heteroatoms. The van der Waals surface area contributed by atoms with E-state index in [9.17, 15) is 18.0 Å². The molecule has 1 aromatic heterocycles. The number of hydrogen-bond donors (Lipinski definition) is 2. The Morgan fingerprint density at radius 2 is 1.86 bits per heavy atom. The van der Waals surface area contributed by atoms with Crippen LogP contribution in [0.4, 0.5) is 18.9 Å². The van der Waals surface area contributed by atoms with Crippen LogP contribution in [0.3, 0.4) is 0 Å². The van der Waals surface area contributed by atoms with Gasteiger partial charge in [0.25, 0.3) is 5.91 Å². The molecule has 5 nitrogen and oxygen atoms in total. The molecule has 186 valence electrons. The van der Waals surface area contributed by atoms with Gasteiger partial charge in [0.2, 0.25) is 0 Å². The predicted octanol–water partition coefficient (Wildman–Crippen LogP) is 5.48. The normalized spacial score (nSPS) is 27.5. The Kier molecular flexibility index (Phi) is 6.62. The van der Waals surface area contributed by atoms with E-state index in [0.29, 0.717) is 11.6 Å². The van der Waals surface area contributed by atoms with E-state index in [0.717, 1.165) is 37.0 Å². The highest BCUT2D eigenvalue weighted by atomic mass is 19.1. The predicted molar refractivity (Wildman–Crippen MR) is 134 cm³/mol. The maximum Gasteiger partial charge on any atom is 0.253 e. The molecule has 1 fully saturated rings. The average molecular weight is 493 g/mol. The molecular weight excluding hydrogens is 465 g/mol. The molecule has 2 heterocycles. The van der Waals surface area contributed by atoms with Crippen molar-refractivity contribution in [1.82, 2.24) is 4.98 Å². The van der Waals surface area contributed by atoms with Crippen molar-refractivity contribution in [3.05, 3.63) is 89.0 Å². The first kappa shape index (κ1) is 24.2. The summed E-state index contributed by atoms with van der Waals surface area (Å²) in [7, 11) is 0. The number of carbonyl (C=O) groups is 1. The number of hydrogen-bond acceptors (Lipinski definition) is 4. The van der Waals surface area contributed by atoms with Crippen LogP contribution >= 0.6 is 0 Å². The first-order valence-electron chi connectivity index (χ1n) is 12.1. The highest BCUT2D eigenvalue weighted by Crippen LogP contribution is 2.40. The molecule has 2 unspecified atom stereocenters. The number of rotatable bonds is 4. The first-order chi connectivity index (χ1) is 17.3. The molecular formula is C28H27F3N4O. The lowest BCUT2D eigenvalue weighted by atomic mass is 9.76. The van der Waals surface area contributed by atoms with E-state index in [2.05, 4.69) is 22.2 Å². The number of pyridine rings is 1. The van der Waals surface area contributed by atoms with Gasteiger partial charge in [0.15, 0.2) is 0 Å². The summed E-state index contributed by atoms with van der Waals surface area (Å²) in [5.41, 5.74) is 7.94. The maximum atomic E-state index is 14.8. The minimum atomic E-state index is -0.944. The van der Waals surface area contributed by atoms with Crippen LogP contribution in [0, 0.1) is 23.5 Å². The molecule has 5 atom stereocenters. The fourth-order valence-corrected chi connectivity index (χ4v) is 5.57. The number of aromatic nitrogens is 1. The van der Waals surface area contributed by atoms with Crippen LogP contribution in [0.15, 0.2) is 71.3 Å². The van der Waals surface area contributed by atoms with E-state index in [1.54, 1.807) is 12.4 Å². The Balaban J connectivity index is 1.40. The standard InChI is InChI=1S/C28H27F3N4O/c1-15-9-16(11-18(32)10-15)19-7-8-33-14-25(19)35-28(36)20-5-6-22(29)21-12-17(13-34-27(20)21)26-23(30)3-2-4-24(26)31/h2-8,12-16,18,21,27H,9-11,32H2,1H3,(H,35,36)/t15-,16+,18-,21?,27?/m0/s1. The highest BCUT2D eigenvalue weighted by Gasteiger charge is 2.36. The van der Waals surface area contributed by atoms with Crippen LogP contribution in [0.5, 0.6) is 0 Å². The molecule has 0 saturated heterocycles. The van der Waals surface area contributed by atoms with Crippen molar-refractivity contribution >= 4 is 23.4 Å². The van der Waals surface area contributed by atoms with Gasteiger partial charge in [0.05, 0.1) is 29.4 Å². The van der Waals surface area contributed by atoms with E-state index in [-0.39, 0.29) is 28.7 Å². The van der Waals surface area contributed by atoms with Gasteiger partial charge in [0, 0.05) is 29.6 Å². The number of benzene rings is 1. The number of anilines is 1. The van der Waals surface area contributed by atoms with Gasteiger partial charge in [-0.25, -0.2) is 13.2 Å². The summed E-state index contributed by atoms with van der Waals surface area (Å²) < 4.78 is 43.4. The van der Waals surface area contributed by atoms with Gasteiger partial charge in [-0.2, -0.15) is 0 Å². The minimum Gasteiger partial charge on any atom is -0.328 e. The molecule has 0 bridgehead atoms. The largest absolute Gasteiger partial charge is 0.328 e. The number of nitrogens with zero attached hydrogens (tertiary/aromatic N) is 2. The summed E-state index contributed by atoms with van der Waals surface area (Å²) >= 11 is 0. The summed E-state index contributed by atoms with van der Waals surface area (Å²) in [5.74, 6) is -2.76. The lowest BCUT2D eigenvalue weighted by Gasteiger charge is -2.33. The van der Waals surface area contributed by atoms with Crippen LogP contribution in [0.25, 0.3) is 5.57 Å². The second-order valence-corrected chi connectivity index (χ2v) is 9.83. The minimum absolute atomic E-state index is 0.0993. The van der Waals surface area contributed by atoms with E-state index in [4.69, 9.17) is 5.73 Å². The molecule has 5 rings (SSSR count). The fourth-order valence-electron chi connectivity index (χ4n) is 5.57. The van der Waals surface area contributed by atoms with Gasteiger partial charge < -0.3 is 11.1 Å². The van der Waals surface area contributed by atoms with Gasteiger partial charge in [-0.3, -0.25) is 14.8 Å². The lowest BCUT2D eigenvalue weighted by molar-refractivity contribution is -0.113. The zero-order chi connectivity index (χ0) is 25.4. The molecule has 3 N–H and O–H groups in total. The number of halogens is 3. The van der Waals surface area contributed by atoms with Gasteiger partial charge in [-0.15, -0.1) is 0 Å². The van der Waals surface area contributed by atoms with Crippen LogP contribution < -0.4 is 11.1 Å². The number of amides is 1. The lowest BCUT2D eigenvalue weighted by Crippen LogP contribution is -2.33. The van der Waals surface area contributed by atoms with Gasteiger partial charge in [-0.1, -0.05) is 19.1 Å². The number of nitrogens with two attached hydrogens (primary N) is 1. The van der Waals surface area contributed by atoms with E-state index in [1.165, 1.54) is 30.5 Å². The molecule has 2 aliphatic carbocycles. The highest BCUT2D eigenvalue weighted by molar-refractivity contribution is 6.12. The summed E-state index contributed by atoms with van der Waals surface area (Å²) in [6, 6.07) is 4.68. The summed E-state index contributed by atoms with van der Waals surface area (Å²) in [4.78, 5) is 21.9. The molecule has 0 radical (unpaired) electrons. The Morgan fingerprint density at radius 3 is 2.61 bits per heavy atom. The van der Waals surface area contributed by atoms with Gasteiger partial charge in [-0.05, 0) is 67.0 Å². The van der Waals surface area contributed by atoms with Crippen LogP contribution in [0.2, 0.25) is 0 Å². The number of carbonyl (C=O) groups excluding carboxylic acids is 1. The summed E-state index contributed by atoms with van der Waals surface area (Å²) in [6.07, 6.45) is 11.4. The molecule has 36 heavy (non-hydrogen) atoms. The van der Waals surface area contributed by atoms with E-state index < -0.39 is 35.3 Å². The number of nitrogens with one attached hydrogen (secondary N) is 1. The Hall–Kier alpha value is -3.52. The van der Waals surface area contributed by atoms with Crippen molar-refractivity contribution < 1.29 is 18.0 Å². The maximum absolute atomic E-state index is 14.8. The molecule has 1 saturated carbocycles. The topological polar surface area (TPSA) is 80.4 Å². The van der Waals surface area contributed by atoms with Crippen molar-refractivity contribution in [2.45, 2.75) is 44.2 Å². The third-order valence-corrected chi connectivity index (χ3v) is 7.17. The second-order valence-electron chi connectivity index (χ2n) is 9.83. The monoisotopic (exact) mass is 492 g/mol. The molecule has 1 aromatic carbocycles. The Labute approximate surface area is 207 Å². The number of fused-ring (bicyclic) bond motifs is 1. The van der Waals surface area contributed by atoms with Crippen molar-refractivity contribution in [2.75, 3.05) is 5.32 Å². The Bertz CT molecular complexity index is 1290. The van der Waals surface area contributed by atoms with Crippen LogP contribution in [-0.4, -0.2) is 29.2 Å². The van der Waals surface area contributed by atoms with Crippen molar-refractivity contribution in [3.8, 4) is 0 Å². The number of allylic oxidation sites excluding steroid dienone is 3. The second kappa shape index (κ2) is 9.85. The molecule has 3 aliphatic rings. The molecule has 0 spiro atoms. The third kappa shape index (κ3) is 4.65. The zero-order valence-electron chi connectivity index (χ0n) is 19.8. The number of aliphatic imine (C=N–C) groups is 1. The zero-order valence-corrected chi connectivity index (χ0v) is 19.8. The number of dihydropyridines is 1. The third-order valence-electron chi connectivity index (χ3n) is 7.17. The SMILES string of the molecule is C[C@@H]1C[C@H](N)C[C@H](c2ccncc2NC(=O)C2=CC=C(F)C3C=C(c4c(F)cccc4F)C=NC23)C1. The van der Waals surface area contributed by atoms with Crippen molar-refractivity contribution in [2.24, 2.45) is 22.6 Å². The Morgan fingerprint density at radius 1 is 1.08 bits per heavy atom. The molecule has 1 amide bonds. The van der Waals surface area contributed by atoms with Gasteiger partial charge >= 0.3 is 0 Å². The van der Waals surface area contributed by atoms with Crippen molar-refractivity contribution in [3.63, 3.8) is 0 Å². The fraction of sp³-hybridized carbons (Fsp3) is 0.321. The van der Waals surface area contributed by atoms with Crippen LogP contribution in [-0.2, 0) is 4.79 Å². The first-order valence-corrected chi connectivity index (χ1v) is 12.1. The van der Waals surface area contributed by atoms with Crippen LogP contribution in [0.1, 0.15) is 43.2 Å². The van der Waals surface area contributed by atoms with E-state index in [1.807, 2.05) is 6.07 Å². The average Bonchev–Trinajstić information content (AvgIpc) is 2.84.